The Hall–Kier alpha value is -2.63. The van der Waals surface area contributed by atoms with Gasteiger partial charge in [-0.05, 0) is 37.3 Å². The third-order valence-corrected chi connectivity index (χ3v) is 8.40. The molecular weight excluding hydrogens is 448 g/mol. The fourth-order valence-corrected chi connectivity index (χ4v) is 6.39. The van der Waals surface area contributed by atoms with Crippen molar-refractivity contribution in [2.45, 2.75) is 24.0 Å². The predicted molar refractivity (Wildman–Crippen MR) is 125 cm³/mol. The van der Waals surface area contributed by atoms with Gasteiger partial charge in [-0.2, -0.15) is 4.31 Å². The lowest BCUT2D eigenvalue weighted by Gasteiger charge is -2.36. The third kappa shape index (κ3) is 3.74. The normalized spacial score (nSPS) is 20.1. The van der Waals surface area contributed by atoms with Crippen LogP contribution in [0, 0.1) is 0 Å². The highest BCUT2D eigenvalue weighted by Gasteiger charge is 2.36. The maximum atomic E-state index is 13.6. The van der Waals surface area contributed by atoms with E-state index in [-0.39, 0.29) is 30.7 Å². The minimum Gasteiger partial charge on any atom is -0.394 e. The van der Waals surface area contributed by atoms with Gasteiger partial charge in [0.2, 0.25) is 10.0 Å². The quantitative estimate of drug-likeness (QED) is 0.461. The second-order valence-electron chi connectivity index (χ2n) is 7.73. The number of pyridine rings is 1. The van der Waals surface area contributed by atoms with E-state index in [1.165, 1.54) is 4.31 Å². The number of anilines is 2. The number of hydrogen-bond donors (Lipinski definition) is 2. The molecule has 1 fully saturated rings. The molecule has 2 N–H and O–H groups in total. The van der Waals surface area contributed by atoms with Gasteiger partial charge in [-0.15, -0.1) is 11.3 Å². The van der Waals surface area contributed by atoms with Gasteiger partial charge in [-0.1, -0.05) is 12.1 Å². The monoisotopic (exact) mass is 470 g/mol. The van der Waals surface area contributed by atoms with Gasteiger partial charge in [-0.3, -0.25) is 4.98 Å². The van der Waals surface area contributed by atoms with Crippen LogP contribution in [0.15, 0.2) is 59.1 Å². The van der Waals surface area contributed by atoms with Crippen LogP contribution in [0.25, 0.3) is 21.1 Å². The number of fused-ring (bicyclic) bond motifs is 2. The van der Waals surface area contributed by atoms with Crippen molar-refractivity contribution < 1.29 is 18.3 Å². The van der Waals surface area contributed by atoms with Crippen molar-refractivity contribution in [1.82, 2.24) is 14.3 Å². The van der Waals surface area contributed by atoms with Gasteiger partial charge in [0.25, 0.3) is 0 Å². The van der Waals surface area contributed by atoms with E-state index in [2.05, 4.69) is 15.3 Å². The molecular formula is C22H22N4O4S2. The molecule has 0 unspecified atom stereocenters. The molecule has 0 saturated carbocycles. The second-order valence-corrected chi connectivity index (χ2v) is 10.5. The summed E-state index contributed by atoms with van der Waals surface area (Å²) in [5, 5.41) is 13.5. The number of rotatable bonds is 5. The Morgan fingerprint density at radius 3 is 2.97 bits per heavy atom. The molecule has 3 heterocycles. The van der Waals surface area contributed by atoms with Crippen molar-refractivity contribution in [3.05, 3.63) is 54.2 Å². The van der Waals surface area contributed by atoms with Crippen molar-refractivity contribution in [2.24, 2.45) is 0 Å². The van der Waals surface area contributed by atoms with Gasteiger partial charge < -0.3 is 15.2 Å². The van der Waals surface area contributed by atoms with E-state index in [1.807, 2.05) is 30.3 Å². The van der Waals surface area contributed by atoms with Crippen molar-refractivity contribution in [2.75, 3.05) is 25.1 Å². The highest BCUT2D eigenvalue weighted by atomic mass is 32.2. The van der Waals surface area contributed by atoms with Crippen LogP contribution in [0.2, 0.25) is 0 Å². The standard InChI is InChI=1S/C22H22N4O4S2/c1-14-12-30-16(11-27)10-26(14)32(28,29)21-4-2-3-17-18(7-8-23-22(17)21)25-15-5-6-20-19(9-15)24-13-31-20/h2-9,13-14,16,27H,10-12H2,1H3,(H,23,25)/t14-,16+/m1/s1. The van der Waals surface area contributed by atoms with Crippen LogP contribution in [0.3, 0.4) is 0 Å². The predicted octanol–water partition coefficient (Wildman–Crippen LogP) is 3.36. The number of para-hydroxylation sites is 1. The number of aliphatic hydroxyl groups is 1. The van der Waals surface area contributed by atoms with Gasteiger partial charge >= 0.3 is 0 Å². The van der Waals surface area contributed by atoms with Crippen LogP contribution in [0.5, 0.6) is 0 Å². The molecule has 2 aromatic carbocycles. The minimum absolute atomic E-state index is 0.0992. The first-order chi connectivity index (χ1) is 15.5. The summed E-state index contributed by atoms with van der Waals surface area (Å²) in [6, 6.07) is 12.6. The number of aromatic nitrogens is 2. The zero-order valence-corrected chi connectivity index (χ0v) is 18.9. The number of aliphatic hydroxyl groups excluding tert-OH is 1. The summed E-state index contributed by atoms with van der Waals surface area (Å²) >= 11 is 1.58. The van der Waals surface area contributed by atoms with Gasteiger partial charge in [0.15, 0.2) is 0 Å². The lowest BCUT2D eigenvalue weighted by molar-refractivity contribution is -0.0516. The molecule has 166 valence electrons. The van der Waals surface area contributed by atoms with E-state index in [9.17, 15) is 13.5 Å². The molecule has 1 saturated heterocycles. The van der Waals surface area contributed by atoms with E-state index in [4.69, 9.17) is 4.74 Å². The van der Waals surface area contributed by atoms with Gasteiger partial charge in [0.05, 0.1) is 40.6 Å². The largest absolute Gasteiger partial charge is 0.394 e. The number of hydrogen-bond acceptors (Lipinski definition) is 8. The fourth-order valence-electron chi connectivity index (χ4n) is 3.92. The van der Waals surface area contributed by atoms with Gasteiger partial charge in [0.1, 0.15) is 4.90 Å². The highest BCUT2D eigenvalue weighted by Crippen LogP contribution is 2.32. The molecule has 1 aliphatic rings. The Balaban J connectivity index is 1.55. The third-order valence-electron chi connectivity index (χ3n) is 5.58. The topological polar surface area (TPSA) is 105 Å². The van der Waals surface area contributed by atoms with E-state index >= 15 is 0 Å². The van der Waals surface area contributed by atoms with E-state index in [0.29, 0.717) is 10.9 Å². The van der Waals surface area contributed by atoms with E-state index < -0.39 is 16.1 Å². The molecule has 4 aromatic rings. The van der Waals surface area contributed by atoms with Crippen LogP contribution in [-0.4, -0.2) is 59.7 Å². The fraction of sp³-hybridized carbons (Fsp3) is 0.273. The molecule has 0 amide bonds. The summed E-state index contributed by atoms with van der Waals surface area (Å²) in [5.74, 6) is 0. The zero-order valence-electron chi connectivity index (χ0n) is 17.3. The summed E-state index contributed by atoms with van der Waals surface area (Å²) in [7, 11) is -3.85. The highest BCUT2D eigenvalue weighted by molar-refractivity contribution is 7.89. The van der Waals surface area contributed by atoms with Crippen molar-refractivity contribution in [3.63, 3.8) is 0 Å². The lowest BCUT2D eigenvalue weighted by Crippen LogP contribution is -2.51. The molecule has 8 nitrogen and oxygen atoms in total. The Bertz CT molecular complexity index is 1390. The summed E-state index contributed by atoms with van der Waals surface area (Å²) < 4.78 is 35.2. The number of ether oxygens (including phenoxy) is 1. The molecule has 0 radical (unpaired) electrons. The number of morpholine rings is 1. The molecule has 0 bridgehead atoms. The zero-order chi connectivity index (χ0) is 22.3. The molecule has 5 rings (SSSR count). The van der Waals surface area contributed by atoms with Crippen LogP contribution >= 0.6 is 11.3 Å². The van der Waals surface area contributed by atoms with Crippen LogP contribution in [0.4, 0.5) is 11.4 Å². The Morgan fingerprint density at radius 1 is 1.25 bits per heavy atom. The van der Waals surface area contributed by atoms with Crippen LogP contribution in [-0.2, 0) is 14.8 Å². The Labute approximate surface area is 189 Å². The molecule has 10 heteroatoms. The Kier molecular flexibility index (Phi) is 5.56. The number of sulfonamides is 1. The molecule has 2 atom stereocenters. The number of nitrogens with zero attached hydrogens (tertiary/aromatic N) is 3. The van der Waals surface area contributed by atoms with E-state index in [1.54, 1.807) is 42.1 Å². The maximum Gasteiger partial charge on any atom is 0.245 e. The molecule has 1 aliphatic heterocycles. The number of nitrogens with one attached hydrogen (secondary N) is 1. The molecule has 32 heavy (non-hydrogen) atoms. The van der Waals surface area contributed by atoms with Gasteiger partial charge in [-0.25, -0.2) is 13.4 Å². The van der Waals surface area contributed by atoms with Crippen molar-refractivity contribution >= 4 is 53.9 Å². The first-order valence-corrected chi connectivity index (χ1v) is 12.5. The Morgan fingerprint density at radius 2 is 2.12 bits per heavy atom. The molecule has 0 aliphatic carbocycles. The van der Waals surface area contributed by atoms with Crippen LogP contribution < -0.4 is 5.32 Å². The summed E-state index contributed by atoms with van der Waals surface area (Å²) in [5.41, 5.74) is 4.72. The molecule has 2 aromatic heterocycles. The average molecular weight is 471 g/mol. The average Bonchev–Trinajstić information content (AvgIpc) is 3.27. The van der Waals surface area contributed by atoms with Gasteiger partial charge in [0, 0.05) is 35.5 Å². The first kappa shape index (κ1) is 21.2. The van der Waals surface area contributed by atoms with Crippen LogP contribution in [0.1, 0.15) is 6.92 Å². The summed E-state index contributed by atoms with van der Waals surface area (Å²) in [6.07, 6.45) is 1.06. The molecule has 0 spiro atoms. The maximum absolute atomic E-state index is 13.6. The number of thiazole rings is 1. The summed E-state index contributed by atoms with van der Waals surface area (Å²) in [6.45, 7) is 1.89. The lowest BCUT2D eigenvalue weighted by atomic mass is 10.2. The minimum atomic E-state index is -3.85. The second kappa shape index (κ2) is 8.38. The summed E-state index contributed by atoms with van der Waals surface area (Å²) in [4.78, 5) is 8.91. The van der Waals surface area contributed by atoms with Crippen molar-refractivity contribution in [1.29, 1.82) is 0 Å². The van der Waals surface area contributed by atoms with Crippen molar-refractivity contribution in [3.8, 4) is 0 Å². The smallest absolute Gasteiger partial charge is 0.245 e. The first-order valence-electron chi connectivity index (χ1n) is 10.2. The SMILES string of the molecule is C[C@@H]1CO[C@H](CO)CN1S(=O)(=O)c1cccc2c(Nc3ccc4scnc4c3)ccnc12. The van der Waals surface area contributed by atoms with E-state index in [0.717, 1.165) is 21.6 Å². The number of benzene rings is 2.